The molecule has 0 aliphatic carbocycles. The summed E-state index contributed by atoms with van der Waals surface area (Å²) < 4.78 is 36.8. The molecule has 5 nitrogen and oxygen atoms in total. The van der Waals surface area contributed by atoms with Crippen LogP contribution in [-0.2, 0) is 0 Å². The van der Waals surface area contributed by atoms with Gasteiger partial charge in [0.05, 0.1) is 6.42 Å². The molecule has 164 valence electrons. The van der Waals surface area contributed by atoms with Gasteiger partial charge in [0.1, 0.15) is 0 Å². The van der Waals surface area contributed by atoms with E-state index in [1.165, 1.54) is 11.3 Å². The van der Waals surface area contributed by atoms with Crippen LogP contribution in [0.25, 0.3) is 0 Å². The number of hydrogen-bond acceptors (Lipinski definition) is 3. The fraction of sp³-hybridized carbons (Fsp3) is 0.667. The predicted molar refractivity (Wildman–Crippen MR) is 114 cm³/mol. The van der Waals surface area contributed by atoms with Gasteiger partial charge in [0.25, 0.3) is 0 Å². The number of aliphatic imine (C=N–C) groups is 1. The molecule has 0 bridgehead atoms. The first kappa shape index (κ1) is 23.3. The number of aryl methyl sites for hydroxylation is 1. The monoisotopic (exact) mass is 413 g/mol. The van der Waals surface area contributed by atoms with Crippen LogP contribution in [0.3, 0.4) is 0 Å². The number of alkyl halides is 3. The molecule has 0 aromatic heterocycles. The molecule has 1 fully saturated rings. The summed E-state index contributed by atoms with van der Waals surface area (Å²) in [5, 5.41) is 5.73. The zero-order valence-corrected chi connectivity index (χ0v) is 17.6. The van der Waals surface area contributed by atoms with Gasteiger partial charge in [0, 0.05) is 51.5 Å². The van der Waals surface area contributed by atoms with Crippen molar-refractivity contribution in [2.45, 2.75) is 39.3 Å². The molecule has 8 heteroatoms. The normalized spacial score (nSPS) is 16.2. The summed E-state index contributed by atoms with van der Waals surface area (Å²) in [5.41, 5.74) is 2.59. The van der Waals surface area contributed by atoms with Gasteiger partial charge in [-0.25, -0.2) is 0 Å². The van der Waals surface area contributed by atoms with Crippen LogP contribution in [0.2, 0.25) is 0 Å². The maximum Gasteiger partial charge on any atom is 0.390 e. The van der Waals surface area contributed by atoms with Crippen LogP contribution in [0.1, 0.15) is 31.7 Å². The third-order valence-corrected chi connectivity index (χ3v) is 4.94. The van der Waals surface area contributed by atoms with Crippen molar-refractivity contribution in [2.24, 2.45) is 4.99 Å². The van der Waals surface area contributed by atoms with Crippen LogP contribution in [-0.4, -0.2) is 69.4 Å². The molecule has 29 heavy (non-hydrogen) atoms. The number of unbranched alkanes of at least 4 members (excludes halogenated alkanes) is 1. The molecule has 0 radical (unpaired) electrons. The van der Waals surface area contributed by atoms with E-state index in [4.69, 9.17) is 0 Å². The van der Waals surface area contributed by atoms with Crippen molar-refractivity contribution >= 4 is 11.6 Å². The lowest BCUT2D eigenvalue weighted by Gasteiger charge is -2.36. The van der Waals surface area contributed by atoms with Crippen LogP contribution >= 0.6 is 0 Å². The van der Waals surface area contributed by atoms with Crippen molar-refractivity contribution in [3.05, 3.63) is 29.8 Å². The van der Waals surface area contributed by atoms with E-state index in [1.54, 1.807) is 0 Å². The summed E-state index contributed by atoms with van der Waals surface area (Å²) in [4.78, 5) is 9.28. The highest BCUT2D eigenvalue weighted by Crippen LogP contribution is 2.18. The minimum atomic E-state index is -4.15. The number of benzene rings is 1. The first-order valence-electron chi connectivity index (χ1n) is 10.5. The summed E-state index contributed by atoms with van der Waals surface area (Å²) in [7, 11) is 0. The van der Waals surface area contributed by atoms with Gasteiger partial charge in [-0.3, -0.25) is 9.89 Å². The van der Waals surface area contributed by atoms with Crippen LogP contribution in [0, 0.1) is 6.92 Å². The number of piperazine rings is 1. The summed E-state index contributed by atoms with van der Waals surface area (Å²) >= 11 is 0. The van der Waals surface area contributed by atoms with Gasteiger partial charge in [-0.15, -0.1) is 0 Å². The summed E-state index contributed by atoms with van der Waals surface area (Å²) in [6.45, 7) is 10.3. The molecule has 2 N–H and O–H groups in total. The van der Waals surface area contributed by atoms with E-state index in [9.17, 15) is 13.2 Å². The fourth-order valence-corrected chi connectivity index (χ4v) is 3.36. The van der Waals surface area contributed by atoms with E-state index in [-0.39, 0.29) is 6.54 Å². The fourth-order valence-electron chi connectivity index (χ4n) is 3.36. The highest BCUT2D eigenvalue weighted by molar-refractivity contribution is 5.79. The average molecular weight is 414 g/mol. The Morgan fingerprint density at radius 3 is 2.52 bits per heavy atom. The number of anilines is 1. The molecular formula is C21H34F3N5. The number of nitrogens with zero attached hydrogens (tertiary/aromatic N) is 3. The second-order valence-electron chi connectivity index (χ2n) is 7.43. The maximum atomic E-state index is 12.3. The number of rotatable bonds is 9. The Morgan fingerprint density at radius 2 is 1.86 bits per heavy atom. The molecule has 2 rings (SSSR count). The molecule has 0 saturated carbocycles. The van der Waals surface area contributed by atoms with E-state index in [2.05, 4.69) is 56.6 Å². The largest absolute Gasteiger partial charge is 0.390 e. The molecule has 0 spiro atoms. The standard InChI is InChI=1S/C21H34F3N5/c1-3-25-20(27-11-9-21(22,23)24)26-10-4-5-12-28-13-15-29(16-14-28)19-8-6-7-18(2)17-19/h6-8,17H,3-5,9-16H2,1-2H3,(H2,25,26,27). The maximum absolute atomic E-state index is 12.3. The van der Waals surface area contributed by atoms with E-state index < -0.39 is 12.6 Å². The molecule has 1 heterocycles. The van der Waals surface area contributed by atoms with Crippen molar-refractivity contribution in [1.82, 2.24) is 15.5 Å². The SMILES string of the molecule is CCNC(=NCCCCN1CCN(c2cccc(C)c2)CC1)NCCC(F)(F)F. The van der Waals surface area contributed by atoms with Crippen molar-refractivity contribution in [3.8, 4) is 0 Å². The van der Waals surface area contributed by atoms with Crippen molar-refractivity contribution < 1.29 is 13.2 Å². The van der Waals surface area contributed by atoms with Crippen LogP contribution < -0.4 is 15.5 Å². The zero-order valence-electron chi connectivity index (χ0n) is 17.6. The minimum Gasteiger partial charge on any atom is -0.369 e. The predicted octanol–water partition coefficient (Wildman–Crippen LogP) is 3.40. The highest BCUT2D eigenvalue weighted by Gasteiger charge is 2.26. The molecule has 1 aliphatic heterocycles. The number of guanidine groups is 1. The highest BCUT2D eigenvalue weighted by atomic mass is 19.4. The van der Waals surface area contributed by atoms with Crippen molar-refractivity contribution in [2.75, 3.05) is 57.3 Å². The lowest BCUT2D eigenvalue weighted by Crippen LogP contribution is -2.46. The average Bonchev–Trinajstić information content (AvgIpc) is 2.67. The third kappa shape index (κ3) is 9.39. The van der Waals surface area contributed by atoms with Gasteiger partial charge in [-0.05, 0) is 50.9 Å². The van der Waals surface area contributed by atoms with Gasteiger partial charge >= 0.3 is 6.18 Å². The van der Waals surface area contributed by atoms with Gasteiger partial charge in [0.2, 0.25) is 0 Å². The summed E-state index contributed by atoms with van der Waals surface area (Å²) in [6.07, 6.45) is -3.04. The van der Waals surface area contributed by atoms with Gasteiger partial charge < -0.3 is 15.5 Å². The minimum absolute atomic E-state index is 0.152. The second kappa shape index (κ2) is 11.9. The summed E-state index contributed by atoms with van der Waals surface area (Å²) in [5.74, 6) is 0.462. The van der Waals surface area contributed by atoms with E-state index in [0.29, 0.717) is 19.0 Å². The van der Waals surface area contributed by atoms with Gasteiger partial charge in [0.15, 0.2) is 5.96 Å². The van der Waals surface area contributed by atoms with E-state index in [0.717, 1.165) is 45.6 Å². The Bertz CT molecular complexity index is 625. The van der Waals surface area contributed by atoms with Crippen molar-refractivity contribution in [3.63, 3.8) is 0 Å². The van der Waals surface area contributed by atoms with Crippen LogP contribution in [0.4, 0.5) is 18.9 Å². The molecule has 1 aromatic carbocycles. The van der Waals surface area contributed by atoms with Gasteiger partial charge in [-0.1, -0.05) is 12.1 Å². The Balaban J connectivity index is 1.62. The van der Waals surface area contributed by atoms with Gasteiger partial charge in [-0.2, -0.15) is 13.2 Å². The summed E-state index contributed by atoms with van der Waals surface area (Å²) in [6, 6.07) is 8.64. The molecule has 1 aromatic rings. The Labute approximate surface area is 172 Å². The lowest BCUT2D eigenvalue weighted by molar-refractivity contribution is -0.132. The quantitative estimate of drug-likeness (QED) is 0.370. The third-order valence-electron chi connectivity index (χ3n) is 4.94. The molecule has 1 saturated heterocycles. The first-order valence-corrected chi connectivity index (χ1v) is 10.5. The van der Waals surface area contributed by atoms with Crippen LogP contribution in [0.15, 0.2) is 29.3 Å². The molecule has 0 unspecified atom stereocenters. The number of halogens is 3. The molecular weight excluding hydrogens is 379 g/mol. The van der Waals surface area contributed by atoms with E-state index >= 15 is 0 Å². The Hall–Kier alpha value is -1.96. The Morgan fingerprint density at radius 1 is 1.10 bits per heavy atom. The molecule has 0 atom stereocenters. The number of hydrogen-bond donors (Lipinski definition) is 2. The topological polar surface area (TPSA) is 42.9 Å². The Kier molecular flexibility index (Phi) is 9.57. The van der Waals surface area contributed by atoms with Crippen LogP contribution in [0.5, 0.6) is 0 Å². The second-order valence-corrected chi connectivity index (χ2v) is 7.43. The smallest absolute Gasteiger partial charge is 0.369 e. The first-order chi connectivity index (χ1) is 13.9. The molecule has 0 amide bonds. The molecule has 1 aliphatic rings. The van der Waals surface area contributed by atoms with Crippen molar-refractivity contribution in [1.29, 1.82) is 0 Å². The zero-order chi connectivity index (χ0) is 21.1. The number of nitrogens with one attached hydrogen (secondary N) is 2. The van der Waals surface area contributed by atoms with E-state index in [1.807, 2.05) is 6.92 Å². The lowest BCUT2D eigenvalue weighted by atomic mass is 10.2.